The molecule has 0 saturated carbocycles. The van der Waals surface area contributed by atoms with Gasteiger partial charge in [0.05, 0.1) is 19.3 Å². The molecular formula is C25H29N3O4. The standard InChI is InChI=1S/C25H29N3O4/c1-15(2)32-13-5-12-28-24(17-7-9-18(31-4)10-8-17)21-22(26-27-23(21)25(28)30)19-14-16(3)6-11-20(19)29/h6-11,14-15,24,29H,5,12-13H2,1-4H3,(H,26,27)/t24-/m0/s1. The number of phenols is 1. The molecule has 0 bridgehead atoms. The Labute approximate surface area is 188 Å². The van der Waals surface area contributed by atoms with Crippen molar-refractivity contribution in [1.29, 1.82) is 0 Å². The van der Waals surface area contributed by atoms with Crippen molar-refractivity contribution < 1.29 is 19.4 Å². The molecule has 0 aliphatic carbocycles. The summed E-state index contributed by atoms with van der Waals surface area (Å²) in [6, 6.07) is 12.8. The second-order valence-electron chi connectivity index (χ2n) is 8.33. The number of fused-ring (bicyclic) bond motifs is 1. The molecule has 1 amide bonds. The van der Waals surface area contributed by atoms with Crippen LogP contribution in [0.5, 0.6) is 11.5 Å². The largest absolute Gasteiger partial charge is 0.507 e. The van der Waals surface area contributed by atoms with Gasteiger partial charge in [0, 0.05) is 24.3 Å². The fraction of sp³-hybridized carbons (Fsp3) is 0.360. The van der Waals surface area contributed by atoms with Crippen LogP contribution in [0.4, 0.5) is 0 Å². The second kappa shape index (κ2) is 9.04. The van der Waals surface area contributed by atoms with E-state index in [2.05, 4.69) is 10.2 Å². The van der Waals surface area contributed by atoms with E-state index in [1.807, 2.05) is 62.1 Å². The number of rotatable bonds is 8. The van der Waals surface area contributed by atoms with Crippen molar-refractivity contribution in [2.45, 2.75) is 39.3 Å². The zero-order chi connectivity index (χ0) is 22.8. The van der Waals surface area contributed by atoms with Crippen molar-refractivity contribution in [2.75, 3.05) is 20.3 Å². The number of ether oxygens (including phenoxy) is 2. The maximum absolute atomic E-state index is 13.4. The van der Waals surface area contributed by atoms with E-state index in [0.29, 0.717) is 30.1 Å². The minimum absolute atomic E-state index is 0.101. The van der Waals surface area contributed by atoms with Crippen LogP contribution < -0.4 is 4.74 Å². The molecule has 32 heavy (non-hydrogen) atoms. The summed E-state index contributed by atoms with van der Waals surface area (Å²) in [5.41, 5.74) is 4.41. The van der Waals surface area contributed by atoms with Gasteiger partial charge in [-0.1, -0.05) is 23.8 Å². The smallest absolute Gasteiger partial charge is 0.273 e. The molecule has 4 rings (SSSR count). The Morgan fingerprint density at radius 3 is 2.62 bits per heavy atom. The number of benzene rings is 2. The molecule has 2 aromatic carbocycles. The number of aryl methyl sites for hydroxylation is 1. The number of carbonyl (C=O) groups is 1. The molecule has 2 heterocycles. The fourth-order valence-electron chi connectivity index (χ4n) is 4.16. The van der Waals surface area contributed by atoms with Gasteiger partial charge in [-0.15, -0.1) is 0 Å². The van der Waals surface area contributed by atoms with Crippen LogP contribution >= 0.6 is 0 Å². The molecule has 168 valence electrons. The van der Waals surface area contributed by atoms with E-state index in [9.17, 15) is 9.90 Å². The van der Waals surface area contributed by atoms with Crippen molar-refractivity contribution >= 4 is 5.91 Å². The van der Waals surface area contributed by atoms with Crippen molar-refractivity contribution in [3.8, 4) is 22.8 Å². The number of aromatic nitrogens is 2. The van der Waals surface area contributed by atoms with Gasteiger partial charge in [0.1, 0.15) is 22.9 Å². The van der Waals surface area contributed by atoms with Crippen LogP contribution in [0.1, 0.15) is 53.5 Å². The van der Waals surface area contributed by atoms with Gasteiger partial charge in [0.2, 0.25) is 0 Å². The molecule has 0 fully saturated rings. The molecule has 1 atom stereocenters. The lowest BCUT2D eigenvalue weighted by atomic mass is 9.95. The second-order valence-corrected chi connectivity index (χ2v) is 8.33. The number of H-pyrrole nitrogens is 1. The summed E-state index contributed by atoms with van der Waals surface area (Å²) in [7, 11) is 1.63. The van der Waals surface area contributed by atoms with Gasteiger partial charge in [-0.2, -0.15) is 5.10 Å². The number of aromatic hydroxyl groups is 1. The summed E-state index contributed by atoms with van der Waals surface area (Å²) in [5, 5.41) is 17.9. The van der Waals surface area contributed by atoms with Crippen molar-refractivity contribution in [3.63, 3.8) is 0 Å². The predicted octanol–water partition coefficient (Wildman–Crippen LogP) is 4.46. The van der Waals surface area contributed by atoms with Crippen molar-refractivity contribution in [1.82, 2.24) is 15.1 Å². The number of amides is 1. The summed E-state index contributed by atoms with van der Waals surface area (Å²) in [4.78, 5) is 15.2. The lowest BCUT2D eigenvalue weighted by Gasteiger charge is -2.26. The minimum Gasteiger partial charge on any atom is -0.507 e. The monoisotopic (exact) mass is 435 g/mol. The Morgan fingerprint density at radius 1 is 1.19 bits per heavy atom. The first-order chi connectivity index (χ1) is 15.4. The molecule has 7 heteroatoms. The number of aromatic amines is 1. The van der Waals surface area contributed by atoms with Gasteiger partial charge in [0.25, 0.3) is 5.91 Å². The first kappa shape index (κ1) is 21.9. The lowest BCUT2D eigenvalue weighted by Crippen LogP contribution is -2.31. The molecule has 2 N–H and O–H groups in total. The fourth-order valence-corrected chi connectivity index (χ4v) is 4.16. The molecule has 0 unspecified atom stereocenters. The number of nitrogens with one attached hydrogen (secondary N) is 1. The average molecular weight is 436 g/mol. The Kier molecular flexibility index (Phi) is 6.19. The highest BCUT2D eigenvalue weighted by Crippen LogP contribution is 2.44. The van der Waals surface area contributed by atoms with E-state index in [1.165, 1.54) is 0 Å². The Balaban J connectivity index is 1.76. The number of hydrogen-bond donors (Lipinski definition) is 2. The Bertz CT molecular complexity index is 1100. The quantitative estimate of drug-likeness (QED) is 0.510. The number of carbonyl (C=O) groups excluding carboxylic acids is 1. The predicted molar refractivity (Wildman–Crippen MR) is 122 cm³/mol. The van der Waals surface area contributed by atoms with Gasteiger partial charge in [-0.25, -0.2) is 0 Å². The summed E-state index contributed by atoms with van der Waals surface area (Å²) in [5.74, 6) is 0.782. The lowest BCUT2D eigenvalue weighted by molar-refractivity contribution is 0.0601. The summed E-state index contributed by atoms with van der Waals surface area (Å²) >= 11 is 0. The van der Waals surface area contributed by atoms with Crippen LogP contribution in [0.2, 0.25) is 0 Å². The van der Waals surface area contributed by atoms with E-state index in [0.717, 1.165) is 28.9 Å². The van der Waals surface area contributed by atoms with E-state index < -0.39 is 0 Å². The van der Waals surface area contributed by atoms with Crippen LogP contribution in [0.15, 0.2) is 42.5 Å². The summed E-state index contributed by atoms with van der Waals surface area (Å²) < 4.78 is 11.0. The number of nitrogens with zero attached hydrogens (tertiary/aromatic N) is 2. The number of methoxy groups -OCH3 is 1. The highest BCUT2D eigenvalue weighted by atomic mass is 16.5. The van der Waals surface area contributed by atoms with Crippen LogP contribution in [0.25, 0.3) is 11.3 Å². The highest BCUT2D eigenvalue weighted by Gasteiger charge is 2.42. The minimum atomic E-state index is -0.323. The van der Waals surface area contributed by atoms with Gasteiger partial charge in [0.15, 0.2) is 0 Å². The first-order valence-corrected chi connectivity index (χ1v) is 10.9. The van der Waals surface area contributed by atoms with Crippen LogP contribution in [-0.2, 0) is 4.74 Å². The van der Waals surface area contributed by atoms with Crippen LogP contribution in [0.3, 0.4) is 0 Å². The maximum Gasteiger partial charge on any atom is 0.273 e. The Hall–Kier alpha value is -3.32. The van der Waals surface area contributed by atoms with Gasteiger partial charge < -0.3 is 19.5 Å². The van der Waals surface area contributed by atoms with Crippen molar-refractivity contribution in [3.05, 3.63) is 64.8 Å². The Morgan fingerprint density at radius 2 is 1.94 bits per heavy atom. The topological polar surface area (TPSA) is 87.7 Å². The van der Waals surface area contributed by atoms with E-state index >= 15 is 0 Å². The molecule has 1 aliphatic heterocycles. The average Bonchev–Trinajstić information content (AvgIpc) is 3.32. The number of hydrogen-bond acceptors (Lipinski definition) is 5. The summed E-state index contributed by atoms with van der Waals surface area (Å²) in [6.45, 7) is 7.08. The first-order valence-electron chi connectivity index (χ1n) is 10.9. The van der Waals surface area contributed by atoms with E-state index in [-0.39, 0.29) is 23.8 Å². The molecular weight excluding hydrogens is 406 g/mol. The third-order valence-corrected chi connectivity index (χ3v) is 5.70. The van der Waals surface area contributed by atoms with Gasteiger partial charge >= 0.3 is 0 Å². The summed E-state index contributed by atoms with van der Waals surface area (Å²) in [6.07, 6.45) is 0.869. The normalized spacial score (nSPS) is 15.5. The third kappa shape index (κ3) is 4.08. The molecule has 0 spiro atoms. The van der Waals surface area contributed by atoms with Gasteiger partial charge in [-0.3, -0.25) is 9.89 Å². The van der Waals surface area contributed by atoms with Crippen LogP contribution in [0, 0.1) is 6.92 Å². The molecule has 1 aliphatic rings. The van der Waals surface area contributed by atoms with E-state index in [4.69, 9.17) is 9.47 Å². The zero-order valence-electron chi connectivity index (χ0n) is 18.9. The molecule has 0 saturated heterocycles. The molecule has 3 aromatic rings. The highest BCUT2D eigenvalue weighted by molar-refractivity contribution is 6.00. The van der Waals surface area contributed by atoms with Gasteiger partial charge in [-0.05, 0) is 57.0 Å². The molecule has 0 radical (unpaired) electrons. The zero-order valence-corrected chi connectivity index (χ0v) is 18.9. The maximum atomic E-state index is 13.4. The van der Waals surface area contributed by atoms with E-state index in [1.54, 1.807) is 13.2 Å². The SMILES string of the molecule is COc1ccc([C@H]2c3c(-c4cc(C)ccc4O)n[nH]c3C(=O)N2CCCOC(C)C)cc1. The molecule has 1 aromatic heterocycles. The third-order valence-electron chi connectivity index (χ3n) is 5.70. The molecule has 7 nitrogen and oxygen atoms in total. The van der Waals surface area contributed by atoms with Crippen LogP contribution in [-0.4, -0.2) is 52.5 Å². The van der Waals surface area contributed by atoms with Crippen molar-refractivity contribution in [2.24, 2.45) is 0 Å². The number of phenolic OH excluding ortho intramolecular Hbond substituents is 1.